The number of allylic oxidation sites excluding steroid dienone is 9. The van der Waals surface area contributed by atoms with E-state index < -0.39 is 11.6 Å². The highest BCUT2D eigenvalue weighted by atomic mass is 32.1. The lowest BCUT2D eigenvalue weighted by Crippen LogP contribution is -2.57. The molecule has 1 atom stereocenters. The summed E-state index contributed by atoms with van der Waals surface area (Å²) >= 11 is 5.35. The van der Waals surface area contributed by atoms with Crippen LogP contribution in [-0.2, 0) is 4.79 Å². The Bertz CT molecular complexity index is 1050. The predicted molar refractivity (Wildman–Crippen MR) is 136 cm³/mol. The fraction of sp³-hybridized carbons (Fsp3) is 0.346. The Morgan fingerprint density at radius 2 is 1.94 bits per heavy atom. The standard InChI is InChI=1S/C26H32N4O2S/c1-8-12-16-21-20(9-2)26(5,6)22(28(21)7)18(17-27)14-13-15-19-23(31)29(10-3)25(33)30(11-4)24(19)32/h8-9,12-16,23,31H,1-2,10-11H2,3-7H3/b14-13+,16-12-,19-15-,22-18-. The highest BCUT2D eigenvalue weighted by Crippen LogP contribution is 2.48. The summed E-state index contributed by atoms with van der Waals surface area (Å²) < 4.78 is 0. The lowest BCUT2D eigenvalue weighted by Gasteiger charge is -2.40. The molecule has 1 fully saturated rings. The van der Waals surface area contributed by atoms with Crippen molar-refractivity contribution in [3.63, 3.8) is 0 Å². The Morgan fingerprint density at radius 3 is 2.45 bits per heavy atom. The first kappa shape index (κ1) is 26.0. The summed E-state index contributed by atoms with van der Waals surface area (Å²) in [4.78, 5) is 17.9. The van der Waals surface area contributed by atoms with Crippen LogP contribution in [0.2, 0.25) is 0 Å². The van der Waals surface area contributed by atoms with Crippen molar-refractivity contribution < 1.29 is 9.90 Å². The van der Waals surface area contributed by atoms with Crippen LogP contribution in [0.25, 0.3) is 0 Å². The molecular formula is C26H32N4O2S. The molecule has 2 aliphatic rings. The van der Waals surface area contributed by atoms with E-state index in [-0.39, 0.29) is 11.5 Å². The van der Waals surface area contributed by atoms with Crippen molar-refractivity contribution in [3.05, 3.63) is 83.8 Å². The zero-order valence-electron chi connectivity index (χ0n) is 20.0. The quantitative estimate of drug-likeness (QED) is 0.264. The van der Waals surface area contributed by atoms with Gasteiger partial charge in [0.15, 0.2) is 11.3 Å². The maximum Gasteiger partial charge on any atom is 0.260 e. The molecule has 0 radical (unpaired) electrons. The van der Waals surface area contributed by atoms with Crippen LogP contribution in [0.3, 0.4) is 0 Å². The number of thiocarbonyl (C=S) groups is 1. The molecule has 2 aliphatic heterocycles. The van der Waals surface area contributed by atoms with Gasteiger partial charge in [-0.25, -0.2) is 0 Å². The van der Waals surface area contributed by atoms with Crippen molar-refractivity contribution >= 4 is 23.2 Å². The van der Waals surface area contributed by atoms with E-state index in [0.29, 0.717) is 23.8 Å². The number of aliphatic hydroxyl groups is 1. The van der Waals surface area contributed by atoms with Gasteiger partial charge in [-0.2, -0.15) is 5.26 Å². The molecule has 0 bridgehead atoms. The number of rotatable bonds is 7. The van der Waals surface area contributed by atoms with Crippen LogP contribution in [0.4, 0.5) is 0 Å². The Hall–Kier alpha value is -3.21. The monoisotopic (exact) mass is 464 g/mol. The molecule has 1 amide bonds. The van der Waals surface area contributed by atoms with Crippen LogP contribution in [0.1, 0.15) is 27.7 Å². The first-order valence-corrected chi connectivity index (χ1v) is 11.3. The molecule has 0 saturated carbocycles. The van der Waals surface area contributed by atoms with E-state index in [4.69, 9.17) is 12.2 Å². The summed E-state index contributed by atoms with van der Waals surface area (Å²) in [5.41, 5.74) is 2.97. The molecule has 0 aromatic heterocycles. The Labute approximate surface area is 202 Å². The molecule has 1 unspecified atom stereocenters. The van der Waals surface area contributed by atoms with Gasteiger partial charge in [0.05, 0.1) is 11.1 Å². The van der Waals surface area contributed by atoms with Gasteiger partial charge < -0.3 is 14.9 Å². The maximum absolute atomic E-state index is 12.9. The van der Waals surface area contributed by atoms with Gasteiger partial charge in [-0.1, -0.05) is 51.3 Å². The lowest BCUT2D eigenvalue weighted by molar-refractivity contribution is -0.128. The van der Waals surface area contributed by atoms with Gasteiger partial charge in [-0.05, 0) is 49.9 Å². The number of aliphatic hydroxyl groups excluding tert-OH is 1. The number of hydrogen-bond acceptors (Lipinski definition) is 5. The van der Waals surface area contributed by atoms with E-state index >= 15 is 0 Å². The summed E-state index contributed by atoms with van der Waals surface area (Å²) in [6.45, 7) is 16.4. The highest BCUT2D eigenvalue weighted by Gasteiger charge is 2.40. The zero-order valence-corrected chi connectivity index (χ0v) is 20.8. The first-order valence-electron chi connectivity index (χ1n) is 10.9. The van der Waals surface area contributed by atoms with E-state index in [9.17, 15) is 15.2 Å². The van der Waals surface area contributed by atoms with Gasteiger partial charge in [0.2, 0.25) is 0 Å². The molecule has 6 nitrogen and oxygen atoms in total. The van der Waals surface area contributed by atoms with Crippen molar-refractivity contribution in [2.75, 3.05) is 20.1 Å². The largest absolute Gasteiger partial charge is 0.369 e. The molecule has 0 spiro atoms. The second-order valence-corrected chi connectivity index (χ2v) is 8.49. The fourth-order valence-electron chi connectivity index (χ4n) is 4.35. The summed E-state index contributed by atoms with van der Waals surface area (Å²) in [6, 6.07) is 2.29. The predicted octanol–water partition coefficient (Wildman–Crippen LogP) is 4.19. The minimum atomic E-state index is -1.13. The SMILES string of the molecule is C=C/C=C\C1=C(C=C)C(C)(C)\C(=C(C#N)/C=C/C=C2\C(=O)N(CC)C(=S)N(CC)C2O)N1C. The van der Waals surface area contributed by atoms with Crippen LogP contribution in [0.15, 0.2) is 83.8 Å². The highest BCUT2D eigenvalue weighted by molar-refractivity contribution is 7.80. The number of nitriles is 1. The number of hydrogen-bond donors (Lipinski definition) is 1. The van der Waals surface area contributed by atoms with E-state index in [1.165, 1.54) is 4.90 Å². The van der Waals surface area contributed by atoms with Crippen LogP contribution in [0.5, 0.6) is 0 Å². The van der Waals surface area contributed by atoms with Crippen LogP contribution in [-0.4, -0.2) is 57.2 Å². The third-order valence-electron chi connectivity index (χ3n) is 5.95. The van der Waals surface area contributed by atoms with Crippen molar-refractivity contribution in [1.29, 1.82) is 5.26 Å². The van der Waals surface area contributed by atoms with Crippen molar-refractivity contribution in [2.45, 2.75) is 33.9 Å². The van der Waals surface area contributed by atoms with E-state index in [2.05, 4.69) is 19.2 Å². The zero-order chi connectivity index (χ0) is 24.9. The number of likely N-dealkylation sites (N-methyl/N-ethyl adjacent to an activating group) is 3. The average molecular weight is 465 g/mol. The number of nitrogens with zero attached hydrogens (tertiary/aromatic N) is 4. The Kier molecular flexibility index (Phi) is 8.37. The molecule has 1 N–H and O–H groups in total. The minimum Gasteiger partial charge on any atom is -0.369 e. The smallest absolute Gasteiger partial charge is 0.260 e. The van der Waals surface area contributed by atoms with Gasteiger partial charge in [0.1, 0.15) is 6.07 Å². The second kappa shape index (κ2) is 10.6. The maximum atomic E-state index is 12.9. The molecule has 2 heterocycles. The van der Waals surface area contributed by atoms with Gasteiger partial charge in [-0.3, -0.25) is 9.69 Å². The number of amides is 1. The van der Waals surface area contributed by atoms with Crippen molar-refractivity contribution in [1.82, 2.24) is 14.7 Å². The number of carbonyl (C=O) groups excluding carboxylic acids is 1. The number of carbonyl (C=O) groups is 1. The van der Waals surface area contributed by atoms with Crippen LogP contribution in [0, 0.1) is 16.7 Å². The van der Waals surface area contributed by atoms with Crippen LogP contribution < -0.4 is 0 Å². The normalized spacial score (nSPS) is 23.8. The summed E-state index contributed by atoms with van der Waals surface area (Å²) in [6.07, 6.45) is 11.0. The Morgan fingerprint density at radius 1 is 1.27 bits per heavy atom. The molecule has 0 aliphatic carbocycles. The summed E-state index contributed by atoms with van der Waals surface area (Å²) in [5.74, 6) is -0.332. The summed E-state index contributed by atoms with van der Waals surface area (Å²) in [7, 11) is 1.91. The molecule has 2 rings (SSSR count). The van der Waals surface area contributed by atoms with Gasteiger partial charge in [0, 0.05) is 36.9 Å². The van der Waals surface area contributed by atoms with Crippen molar-refractivity contribution in [2.24, 2.45) is 5.41 Å². The first-order chi connectivity index (χ1) is 15.6. The molecule has 7 heteroatoms. The van der Waals surface area contributed by atoms with Gasteiger partial charge in [0.25, 0.3) is 5.91 Å². The Balaban J connectivity index is 2.52. The average Bonchev–Trinajstić information content (AvgIpc) is 2.96. The molecule has 1 saturated heterocycles. The summed E-state index contributed by atoms with van der Waals surface area (Å²) in [5, 5.41) is 21.0. The minimum absolute atomic E-state index is 0.212. The van der Waals surface area contributed by atoms with Gasteiger partial charge in [-0.15, -0.1) is 0 Å². The topological polar surface area (TPSA) is 70.8 Å². The van der Waals surface area contributed by atoms with E-state index in [1.54, 1.807) is 29.2 Å². The van der Waals surface area contributed by atoms with Crippen LogP contribution >= 0.6 is 12.2 Å². The lowest BCUT2D eigenvalue weighted by atomic mass is 9.81. The molecule has 33 heavy (non-hydrogen) atoms. The third kappa shape index (κ3) is 4.63. The fourth-order valence-corrected chi connectivity index (χ4v) is 4.79. The third-order valence-corrected chi connectivity index (χ3v) is 6.40. The molecular weight excluding hydrogens is 432 g/mol. The van der Waals surface area contributed by atoms with Gasteiger partial charge >= 0.3 is 0 Å². The second-order valence-electron chi connectivity index (χ2n) is 8.13. The molecule has 174 valence electrons. The van der Waals surface area contributed by atoms with E-state index in [0.717, 1.165) is 17.0 Å². The van der Waals surface area contributed by atoms with E-state index in [1.807, 2.05) is 57.9 Å². The molecule has 0 aromatic rings. The molecule has 0 aromatic carbocycles. The van der Waals surface area contributed by atoms with Crippen molar-refractivity contribution in [3.8, 4) is 6.07 Å².